The summed E-state index contributed by atoms with van der Waals surface area (Å²) >= 11 is 1.88. The largest absolute Gasteiger partial charge is 0.453 e. The van der Waals surface area contributed by atoms with Crippen LogP contribution in [0.2, 0.25) is 0 Å². The molecule has 0 aliphatic rings. The third-order valence-electron chi connectivity index (χ3n) is 2.16. The normalized spacial score (nSPS) is 10.3. The molecule has 0 atom stereocenters. The summed E-state index contributed by atoms with van der Waals surface area (Å²) < 4.78 is 19.3. The highest BCUT2D eigenvalue weighted by atomic mass is 127. The van der Waals surface area contributed by atoms with E-state index in [1.807, 2.05) is 35.6 Å². The van der Waals surface area contributed by atoms with Crippen molar-refractivity contribution in [3.63, 3.8) is 0 Å². The lowest BCUT2D eigenvalue weighted by Crippen LogP contribution is -1.95. The van der Waals surface area contributed by atoms with Gasteiger partial charge in [0.15, 0.2) is 5.75 Å². The standard InChI is InChI=1S/C12H10FIN2O/c1-7-2-3-8(6-16-7)17-12-4-9(13)10(14)5-11(12)15/h2-6H,15H2,1H3. The number of aromatic nitrogens is 1. The highest BCUT2D eigenvalue weighted by Gasteiger charge is 2.08. The summed E-state index contributed by atoms with van der Waals surface area (Å²) in [5.41, 5.74) is 7.04. The Morgan fingerprint density at radius 1 is 1.35 bits per heavy atom. The topological polar surface area (TPSA) is 48.1 Å². The Labute approximate surface area is 112 Å². The van der Waals surface area contributed by atoms with E-state index in [9.17, 15) is 4.39 Å². The smallest absolute Gasteiger partial charge is 0.153 e. The average molecular weight is 344 g/mol. The van der Waals surface area contributed by atoms with Gasteiger partial charge in [-0.2, -0.15) is 0 Å². The van der Waals surface area contributed by atoms with Crippen LogP contribution >= 0.6 is 22.6 Å². The van der Waals surface area contributed by atoms with Crippen molar-refractivity contribution in [1.29, 1.82) is 0 Å². The lowest BCUT2D eigenvalue weighted by atomic mass is 10.3. The third kappa shape index (κ3) is 2.85. The van der Waals surface area contributed by atoms with Gasteiger partial charge in [0.25, 0.3) is 0 Å². The van der Waals surface area contributed by atoms with Gasteiger partial charge in [0.05, 0.1) is 15.5 Å². The van der Waals surface area contributed by atoms with Crippen molar-refractivity contribution in [2.75, 3.05) is 5.73 Å². The van der Waals surface area contributed by atoms with E-state index in [0.29, 0.717) is 20.8 Å². The molecular weight excluding hydrogens is 334 g/mol. The number of ether oxygens (including phenoxy) is 1. The molecule has 2 rings (SSSR count). The molecule has 0 saturated carbocycles. The molecule has 3 nitrogen and oxygen atoms in total. The van der Waals surface area contributed by atoms with Gasteiger partial charge in [0.1, 0.15) is 11.6 Å². The molecule has 0 radical (unpaired) electrons. The molecule has 5 heteroatoms. The average Bonchev–Trinajstić information content (AvgIpc) is 2.29. The maximum absolute atomic E-state index is 13.4. The van der Waals surface area contributed by atoms with Crippen molar-refractivity contribution in [2.45, 2.75) is 6.92 Å². The summed E-state index contributed by atoms with van der Waals surface area (Å²) in [6, 6.07) is 6.38. The van der Waals surface area contributed by atoms with Gasteiger partial charge in [-0.3, -0.25) is 4.98 Å². The molecular formula is C12H10FIN2O. The van der Waals surface area contributed by atoms with Crippen LogP contribution < -0.4 is 10.5 Å². The van der Waals surface area contributed by atoms with Crippen LogP contribution in [0.4, 0.5) is 10.1 Å². The lowest BCUT2D eigenvalue weighted by Gasteiger charge is -2.09. The van der Waals surface area contributed by atoms with Gasteiger partial charge >= 0.3 is 0 Å². The Bertz CT molecular complexity index is 543. The SMILES string of the molecule is Cc1ccc(Oc2cc(F)c(I)cc2N)cn1. The molecule has 0 spiro atoms. The number of nitrogens with zero attached hydrogens (tertiary/aromatic N) is 1. The van der Waals surface area contributed by atoms with Crippen LogP contribution in [0, 0.1) is 16.3 Å². The number of halogens is 2. The van der Waals surface area contributed by atoms with E-state index >= 15 is 0 Å². The van der Waals surface area contributed by atoms with Gasteiger partial charge in [-0.1, -0.05) is 0 Å². The quantitative estimate of drug-likeness (QED) is 0.670. The van der Waals surface area contributed by atoms with Gasteiger partial charge in [-0.05, 0) is 47.7 Å². The summed E-state index contributed by atoms with van der Waals surface area (Å²) in [7, 11) is 0. The van der Waals surface area contributed by atoms with Crippen LogP contribution in [-0.4, -0.2) is 4.98 Å². The summed E-state index contributed by atoms with van der Waals surface area (Å²) in [4.78, 5) is 4.08. The minimum absolute atomic E-state index is 0.300. The number of benzene rings is 1. The Morgan fingerprint density at radius 2 is 2.12 bits per heavy atom. The summed E-state index contributed by atoms with van der Waals surface area (Å²) in [6.07, 6.45) is 1.57. The fraction of sp³-hybridized carbons (Fsp3) is 0.0833. The maximum atomic E-state index is 13.4. The summed E-state index contributed by atoms with van der Waals surface area (Å²) in [5.74, 6) is 0.478. The van der Waals surface area contributed by atoms with Gasteiger partial charge in [0.2, 0.25) is 0 Å². The number of hydrogen-bond acceptors (Lipinski definition) is 3. The molecule has 0 saturated heterocycles. The zero-order valence-corrected chi connectivity index (χ0v) is 11.2. The first-order valence-electron chi connectivity index (χ1n) is 4.91. The fourth-order valence-corrected chi connectivity index (χ4v) is 1.77. The number of nitrogens with two attached hydrogens (primary N) is 1. The first-order valence-corrected chi connectivity index (χ1v) is 5.99. The van der Waals surface area contributed by atoms with Crippen molar-refractivity contribution >= 4 is 28.3 Å². The monoisotopic (exact) mass is 344 g/mol. The second-order valence-electron chi connectivity index (χ2n) is 3.54. The highest BCUT2D eigenvalue weighted by molar-refractivity contribution is 14.1. The number of nitrogen functional groups attached to an aromatic ring is 1. The second kappa shape index (κ2) is 4.87. The summed E-state index contributed by atoms with van der Waals surface area (Å²) in [6.45, 7) is 1.88. The Balaban J connectivity index is 2.30. The first kappa shape index (κ1) is 12.1. The van der Waals surface area contributed by atoms with Crippen LogP contribution in [0.1, 0.15) is 5.69 Å². The van der Waals surface area contributed by atoms with Crippen molar-refractivity contribution in [3.05, 3.63) is 45.5 Å². The minimum Gasteiger partial charge on any atom is -0.453 e. The van der Waals surface area contributed by atoms with Gasteiger partial charge in [0, 0.05) is 11.8 Å². The minimum atomic E-state index is -0.352. The van der Waals surface area contributed by atoms with Crippen LogP contribution in [0.25, 0.3) is 0 Å². The molecule has 0 aliphatic heterocycles. The van der Waals surface area contributed by atoms with Gasteiger partial charge < -0.3 is 10.5 Å². The number of anilines is 1. The molecule has 0 fully saturated rings. The molecule has 17 heavy (non-hydrogen) atoms. The Morgan fingerprint density at radius 3 is 2.76 bits per heavy atom. The number of pyridine rings is 1. The Hall–Kier alpha value is -1.37. The van der Waals surface area contributed by atoms with E-state index in [4.69, 9.17) is 10.5 Å². The predicted octanol–water partition coefficient (Wildman–Crippen LogP) is 3.51. The molecule has 1 aromatic carbocycles. The Kier molecular flexibility index (Phi) is 3.46. The molecule has 1 heterocycles. The molecule has 2 aromatic rings. The van der Waals surface area contributed by atoms with Crippen LogP contribution in [-0.2, 0) is 0 Å². The first-order chi connectivity index (χ1) is 8.06. The van der Waals surface area contributed by atoms with Gasteiger partial charge in [-0.15, -0.1) is 0 Å². The number of hydrogen-bond donors (Lipinski definition) is 1. The zero-order valence-electron chi connectivity index (χ0n) is 9.08. The molecule has 0 unspecified atom stereocenters. The third-order valence-corrected chi connectivity index (χ3v) is 2.99. The van der Waals surface area contributed by atoms with Crippen LogP contribution in [0.5, 0.6) is 11.5 Å². The van der Waals surface area contributed by atoms with Crippen molar-refractivity contribution in [2.24, 2.45) is 0 Å². The number of aryl methyl sites for hydroxylation is 1. The van der Waals surface area contributed by atoms with E-state index < -0.39 is 0 Å². The van der Waals surface area contributed by atoms with Crippen LogP contribution in [0.15, 0.2) is 30.5 Å². The van der Waals surface area contributed by atoms with Gasteiger partial charge in [-0.25, -0.2) is 4.39 Å². The van der Waals surface area contributed by atoms with E-state index in [1.165, 1.54) is 12.1 Å². The molecule has 88 valence electrons. The molecule has 0 amide bonds. The molecule has 0 aliphatic carbocycles. The second-order valence-corrected chi connectivity index (χ2v) is 4.70. The molecule has 0 bridgehead atoms. The van der Waals surface area contributed by atoms with E-state index in [1.54, 1.807) is 12.3 Å². The molecule has 2 N–H and O–H groups in total. The lowest BCUT2D eigenvalue weighted by molar-refractivity contribution is 0.476. The van der Waals surface area contributed by atoms with Crippen LogP contribution in [0.3, 0.4) is 0 Å². The van der Waals surface area contributed by atoms with E-state index in [-0.39, 0.29) is 5.82 Å². The fourth-order valence-electron chi connectivity index (χ4n) is 1.27. The number of rotatable bonds is 2. The van der Waals surface area contributed by atoms with E-state index in [0.717, 1.165) is 5.69 Å². The predicted molar refractivity (Wildman–Crippen MR) is 72.6 cm³/mol. The van der Waals surface area contributed by atoms with E-state index in [2.05, 4.69) is 4.98 Å². The van der Waals surface area contributed by atoms with Crippen molar-refractivity contribution < 1.29 is 9.13 Å². The molecule has 1 aromatic heterocycles. The maximum Gasteiger partial charge on any atom is 0.153 e. The van der Waals surface area contributed by atoms with Crippen molar-refractivity contribution in [1.82, 2.24) is 4.98 Å². The summed E-state index contributed by atoms with van der Waals surface area (Å²) in [5, 5.41) is 0. The highest BCUT2D eigenvalue weighted by Crippen LogP contribution is 2.30. The van der Waals surface area contributed by atoms with Crippen molar-refractivity contribution in [3.8, 4) is 11.5 Å². The zero-order chi connectivity index (χ0) is 12.4.